The predicted molar refractivity (Wildman–Crippen MR) is 107 cm³/mol. The van der Waals surface area contributed by atoms with Gasteiger partial charge >= 0.3 is 0 Å². The topological polar surface area (TPSA) is 84.9 Å². The van der Waals surface area contributed by atoms with Crippen molar-refractivity contribution in [3.63, 3.8) is 0 Å². The number of para-hydroxylation sites is 1. The Balaban J connectivity index is 1.86. The van der Waals surface area contributed by atoms with E-state index in [9.17, 15) is 14.7 Å². The summed E-state index contributed by atoms with van der Waals surface area (Å²) in [6.07, 6.45) is 3.88. The van der Waals surface area contributed by atoms with Gasteiger partial charge in [0.25, 0.3) is 5.91 Å². The van der Waals surface area contributed by atoms with Crippen molar-refractivity contribution in [3.05, 3.63) is 71.5 Å². The number of carbonyl (C=O) groups is 2. The first-order valence-electron chi connectivity index (χ1n) is 9.39. The number of furan rings is 1. The zero-order valence-corrected chi connectivity index (χ0v) is 16.3. The Morgan fingerprint density at radius 3 is 2.76 bits per heavy atom. The number of aromatic nitrogens is 1. The summed E-state index contributed by atoms with van der Waals surface area (Å²) < 4.78 is 12.3. The summed E-state index contributed by atoms with van der Waals surface area (Å²) in [4.78, 5) is 27.6. The van der Waals surface area contributed by atoms with Crippen LogP contribution in [0.15, 0.2) is 64.6 Å². The van der Waals surface area contributed by atoms with Gasteiger partial charge in [-0.05, 0) is 24.6 Å². The lowest BCUT2D eigenvalue weighted by atomic mass is 9.94. The van der Waals surface area contributed by atoms with Crippen LogP contribution in [0.1, 0.15) is 28.6 Å². The maximum absolute atomic E-state index is 13.1. The minimum Gasteiger partial charge on any atom is -0.503 e. The van der Waals surface area contributed by atoms with E-state index in [4.69, 9.17) is 9.15 Å². The number of aliphatic hydroxyl groups is 1. The van der Waals surface area contributed by atoms with Gasteiger partial charge in [0, 0.05) is 50.0 Å². The van der Waals surface area contributed by atoms with Gasteiger partial charge in [-0.15, -0.1) is 0 Å². The number of methoxy groups -OCH3 is 1. The molecule has 1 aliphatic heterocycles. The van der Waals surface area contributed by atoms with Crippen LogP contribution in [0.2, 0.25) is 0 Å². The van der Waals surface area contributed by atoms with Crippen LogP contribution >= 0.6 is 0 Å². The third-order valence-electron chi connectivity index (χ3n) is 5.26. The lowest BCUT2D eigenvalue weighted by molar-refractivity contribution is -0.129. The monoisotopic (exact) mass is 394 g/mol. The fourth-order valence-electron chi connectivity index (χ4n) is 3.95. The highest BCUT2D eigenvalue weighted by Crippen LogP contribution is 2.42. The van der Waals surface area contributed by atoms with Gasteiger partial charge in [0.1, 0.15) is 0 Å². The normalized spacial score (nSPS) is 17.0. The van der Waals surface area contributed by atoms with Gasteiger partial charge in [-0.1, -0.05) is 18.2 Å². The summed E-state index contributed by atoms with van der Waals surface area (Å²) >= 11 is 0. The van der Waals surface area contributed by atoms with Gasteiger partial charge in [0.15, 0.2) is 11.5 Å². The van der Waals surface area contributed by atoms with Crippen molar-refractivity contribution in [2.75, 3.05) is 20.3 Å². The number of nitrogens with zero attached hydrogens (tertiary/aromatic N) is 2. The molecule has 29 heavy (non-hydrogen) atoms. The number of aliphatic hydroxyl groups excluding tert-OH is 1. The number of aryl methyl sites for hydroxylation is 1. The molecule has 3 aromatic rings. The molecule has 3 heterocycles. The summed E-state index contributed by atoms with van der Waals surface area (Å²) in [6.45, 7) is 0.813. The second-order valence-electron chi connectivity index (χ2n) is 7.03. The second-order valence-corrected chi connectivity index (χ2v) is 7.03. The number of hydrogen-bond acceptors (Lipinski definition) is 5. The van der Waals surface area contributed by atoms with Crippen LogP contribution in [-0.2, 0) is 16.6 Å². The molecular weight excluding hydrogens is 372 g/mol. The van der Waals surface area contributed by atoms with E-state index >= 15 is 0 Å². The van der Waals surface area contributed by atoms with Crippen LogP contribution in [0.4, 0.5) is 0 Å². The zero-order chi connectivity index (χ0) is 20.5. The van der Waals surface area contributed by atoms with Gasteiger partial charge in [0.2, 0.25) is 5.78 Å². The number of Topliss-reactive ketones (excluding diaryl/α,β-unsaturated/α-hetero) is 1. The Morgan fingerprint density at radius 1 is 1.24 bits per heavy atom. The van der Waals surface area contributed by atoms with Crippen molar-refractivity contribution < 1.29 is 23.8 Å². The molecule has 7 nitrogen and oxygen atoms in total. The minimum absolute atomic E-state index is 0.0405. The van der Waals surface area contributed by atoms with Crippen molar-refractivity contribution >= 4 is 22.6 Å². The van der Waals surface area contributed by atoms with E-state index in [1.54, 1.807) is 13.2 Å². The fourth-order valence-corrected chi connectivity index (χ4v) is 3.95. The Hall–Kier alpha value is -3.32. The highest BCUT2D eigenvalue weighted by Gasteiger charge is 2.45. The number of amides is 1. The Labute approximate surface area is 167 Å². The SMILES string of the molecule is COCCCN1C(=O)C(O)=C(C(=O)c2ccco2)C1c1cn(C)c2ccccc12. The molecule has 1 amide bonds. The summed E-state index contributed by atoms with van der Waals surface area (Å²) in [6, 6.07) is 10.2. The van der Waals surface area contributed by atoms with Gasteiger partial charge in [-0.2, -0.15) is 0 Å². The van der Waals surface area contributed by atoms with Crippen molar-refractivity contribution in [2.45, 2.75) is 12.5 Å². The third-order valence-corrected chi connectivity index (χ3v) is 5.26. The molecule has 0 aliphatic carbocycles. The molecule has 1 unspecified atom stereocenters. The highest BCUT2D eigenvalue weighted by molar-refractivity contribution is 6.15. The molecule has 0 saturated carbocycles. The first-order chi connectivity index (χ1) is 14.0. The number of benzene rings is 1. The average molecular weight is 394 g/mol. The molecule has 150 valence electrons. The molecule has 4 rings (SSSR count). The van der Waals surface area contributed by atoms with E-state index in [0.717, 1.165) is 16.5 Å². The number of ketones is 1. The molecule has 2 aromatic heterocycles. The van der Waals surface area contributed by atoms with Gasteiger partial charge in [0.05, 0.1) is 17.9 Å². The van der Waals surface area contributed by atoms with Gasteiger partial charge < -0.3 is 23.7 Å². The van der Waals surface area contributed by atoms with E-state index in [0.29, 0.717) is 19.6 Å². The number of carbonyl (C=O) groups excluding carboxylic acids is 2. The van der Waals surface area contributed by atoms with E-state index in [2.05, 4.69) is 0 Å². The Bertz CT molecular complexity index is 1090. The van der Waals surface area contributed by atoms with E-state index < -0.39 is 23.5 Å². The quantitative estimate of drug-likeness (QED) is 0.490. The summed E-state index contributed by atoms with van der Waals surface area (Å²) in [5, 5.41) is 11.6. The standard InChI is InChI=1S/C22H22N2O5/c1-23-13-15(14-7-3-4-8-16(14)23)19-18(20(25)17-9-5-12-29-17)21(26)22(27)24(19)10-6-11-28-2/h3-5,7-9,12-13,19,26H,6,10-11H2,1-2H3. The fraction of sp³-hybridized carbons (Fsp3) is 0.273. The van der Waals surface area contributed by atoms with Crippen LogP contribution in [0.5, 0.6) is 0 Å². The van der Waals surface area contributed by atoms with E-state index in [1.807, 2.05) is 42.1 Å². The van der Waals surface area contributed by atoms with Crippen molar-refractivity contribution in [3.8, 4) is 0 Å². The summed E-state index contributed by atoms with van der Waals surface area (Å²) in [7, 11) is 3.50. The largest absolute Gasteiger partial charge is 0.503 e. The molecule has 0 saturated heterocycles. The highest BCUT2D eigenvalue weighted by atomic mass is 16.5. The molecule has 1 aromatic carbocycles. The first-order valence-corrected chi connectivity index (χ1v) is 9.39. The second kappa shape index (κ2) is 7.60. The van der Waals surface area contributed by atoms with Crippen molar-refractivity contribution in [2.24, 2.45) is 7.05 Å². The lowest BCUT2D eigenvalue weighted by Crippen LogP contribution is -2.32. The first kappa shape index (κ1) is 19.0. The maximum atomic E-state index is 13.1. The molecule has 1 aliphatic rings. The smallest absolute Gasteiger partial charge is 0.290 e. The molecular formula is C22H22N2O5. The summed E-state index contributed by atoms with van der Waals surface area (Å²) in [5.74, 6) is -1.49. The van der Waals surface area contributed by atoms with Gasteiger partial charge in [-0.25, -0.2) is 0 Å². The average Bonchev–Trinajstić information content (AvgIpc) is 3.42. The lowest BCUT2D eigenvalue weighted by Gasteiger charge is -2.26. The van der Waals surface area contributed by atoms with Crippen LogP contribution in [0.3, 0.4) is 0 Å². The minimum atomic E-state index is -0.706. The van der Waals surface area contributed by atoms with Crippen LogP contribution in [-0.4, -0.2) is 46.5 Å². The number of rotatable bonds is 7. The Morgan fingerprint density at radius 2 is 2.03 bits per heavy atom. The summed E-state index contributed by atoms with van der Waals surface area (Å²) in [5.41, 5.74) is 1.80. The van der Waals surface area contributed by atoms with Crippen molar-refractivity contribution in [1.82, 2.24) is 9.47 Å². The van der Waals surface area contributed by atoms with Gasteiger partial charge in [-0.3, -0.25) is 9.59 Å². The molecule has 0 radical (unpaired) electrons. The zero-order valence-electron chi connectivity index (χ0n) is 16.3. The Kier molecular flexibility index (Phi) is 4.98. The van der Waals surface area contributed by atoms with Crippen molar-refractivity contribution in [1.29, 1.82) is 0 Å². The van der Waals surface area contributed by atoms with Crippen LogP contribution < -0.4 is 0 Å². The number of ether oxygens (including phenoxy) is 1. The predicted octanol–water partition coefficient (Wildman–Crippen LogP) is 3.39. The molecule has 1 N–H and O–H groups in total. The van der Waals surface area contributed by atoms with E-state index in [-0.39, 0.29) is 11.3 Å². The number of fused-ring (bicyclic) bond motifs is 1. The van der Waals surface area contributed by atoms with Crippen LogP contribution in [0.25, 0.3) is 10.9 Å². The van der Waals surface area contributed by atoms with Crippen LogP contribution in [0, 0.1) is 0 Å². The third kappa shape index (κ3) is 3.13. The molecule has 0 fully saturated rings. The molecule has 0 bridgehead atoms. The van der Waals surface area contributed by atoms with E-state index in [1.165, 1.54) is 17.2 Å². The maximum Gasteiger partial charge on any atom is 0.290 e. The molecule has 0 spiro atoms. The molecule has 7 heteroatoms. The number of hydrogen-bond donors (Lipinski definition) is 1. The molecule has 1 atom stereocenters.